The van der Waals surface area contributed by atoms with E-state index in [0.29, 0.717) is 13.1 Å². The van der Waals surface area contributed by atoms with Gasteiger partial charge in [0.15, 0.2) is 0 Å². The van der Waals surface area contributed by atoms with E-state index in [1.54, 1.807) is 0 Å². The number of ether oxygens (including phenoxy) is 1. The van der Waals surface area contributed by atoms with Gasteiger partial charge in [-0.2, -0.15) is 0 Å². The summed E-state index contributed by atoms with van der Waals surface area (Å²) in [5, 5.41) is 31.1. The molecule has 0 spiro atoms. The lowest BCUT2D eigenvalue weighted by atomic mass is 10.0. The summed E-state index contributed by atoms with van der Waals surface area (Å²) in [5.41, 5.74) is 0. The Morgan fingerprint density at radius 2 is 1.14 bits per heavy atom. The van der Waals surface area contributed by atoms with E-state index in [1.165, 1.54) is 83.5 Å². The molecule has 5 heteroatoms. The van der Waals surface area contributed by atoms with E-state index in [2.05, 4.69) is 12.2 Å². The van der Waals surface area contributed by atoms with Crippen LogP contribution in [0.5, 0.6) is 0 Å². The highest BCUT2D eigenvalue weighted by Crippen LogP contribution is 2.13. The second-order valence-corrected chi connectivity index (χ2v) is 8.16. The van der Waals surface area contributed by atoms with Gasteiger partial charge in [0.2, 0.25) is 0 Å². The molecular formula is C23H49NO4. The standard InChI is InChI=1S/C23H49NO4/c1-2-3-4-5-6-7-8-9-10-11-12-13-14-15-16-22(26)20-28-21-23(27)19-24-17-18-25/h22-27H,2-21H2,1H3. The molecule has 0 aromatic heterocycles. The molecule has 0 aromatic carbocycles. The van der Waals surface area contributed by atoms with Crippen molar-refractivity contribution in [2.24, 2.45) is 0 Å². The predicted molar refractivity (Wildman–Crippen MR) is 118 cm³/mol. The Morgan fingerprint density at radius 1 is 0.679 bits per heavy atom. The van der Waals surface area contributed by atoms with Gasteiger partial charge < -0.3 is 25.4 Å². The Kier molecular flexibility index (Phi) is 22.9. The van der Waals surface area contributed by atoms with Crippen molar-refractivity contribution in [1.29, 1.82) is 0 Å². The lowest BCUT2D eigenvalue weighted by Crippen LogP contribution is -2.32. The number of nitrogens with one attached hydrogen (secondary N) is 1. The van der Waals surface area contributed by atoms with E-state index in [4.69, 9.17) is 9.84 Å². The topological polar surface area (TPSA) is 82.0 Å². The van der Waals surface area contributed by atoms with Crippen molar-refractivity contribution in [2.45, 2.75) is 115 Å². The quantitative estimate of drug-likeness (QED) is 0.192. The maximum atomic E-state index is 9.91. The zero-order chi connectivity index (χ0) is 20.7. The van der Waals surface area contributed by atoms with Crippen molar-refractivity contribution >= 4 is 0 Å². The van der Waals surface area contributed by atoms with Gasteiger partial charge in [-0.25, -0.2) is 0 Å². The van der Waals surface area contributed by atoms with Crippen LogP contribution in [0.1, 0.15) is 103 Å². The molecule has 2 unspecified atom stereocenters. The number of hydrogen-bond donors (Lipinski definition) is 4. The summed E-state index contributed by atoms with van der Waals surface area (Å²) in [6.45, 7) is 3.70. The van der Waals surface area contributed by atoms with Gasteiger partial charge in [-0.15, -0.1) is 0 Å². The molecule has 0 amide bonds. The van der Waals surface area contributed by atoms with Gasteiger partial charge in [0, 0.05) is 13.1 Å². The average Bonchev–Trinajstić information content (AvgIpc) is 2.68. The first-order valence-corrected chi connectivity index (χ1v) is 12.0. The van der Waals surface area contributed by atoms with Crippen LogP contribution in [0.3, 0.4) is 0 Å². The number of unbranched alkanes of at least 4 members (excludes halogenated alkanes) is 13. The van der Waals surface area contributed by atoms with Gasteiger partial charge in [-0.3, -0.25) is 0 Å². The molecule has 0 saturated heterocycles. The normalized spacial score (nSPS) is 13.7. The average molecular weight is 404 g/mol. The van der Waals surface area contributed by atoms with E-state index in [1.807, 2.05) is 0 Å². The van der Waals surface area contributed by atoms with Crippen LogP contribution in [0.25, 0.3) is 0 Å². The molecule has 0 bridgehead atoms. The van der Waals surface area contributed by atoms with Crippen LogP contribution in [-0.4, -0.2) is 60.4 Å². The first-order chi connectivity index (χ1) is 13.7. The Balaban J connectivity index is 3.21. The first kappa shape index (κ1) is 27.8. The Hall–Kier alpha value is -0.200. The summed E-state index contributed by atoms with van der Waals surface area (Å²) in [6, 6.07) is 0. The van der Waals surface area contributed by atoms with Crippen molar-refractivity contribution in [3.05, 3.63) is 0 Å². The van der Waals surface area contributed by atoms with Crippen molar-refractivity contribution in [3.8, 4) is 0 Å². The molecular weight excluding hydrogens is 354 g/mol. The van der Waals surface area contributed by atoms with E-state index in [0.717, 1.165) is 12.8 Å². The van der Waals surface area contributed by atoms with Crippen LogP contribution in [0.15, 0.2) is 0 Å². The van der Waals surface area contributed by atoms with Gasteiger partial charge in [-0.1, -0.05) is 96.8 Å². The van der Waals surface area contributed by atoms with Crippen LogP contribution < -0.4 is 5.32 Å². The zero-order valence-electron chi connectivity index (χ0n) is 18.5. The van der Waals surface area contributed by atoms with Crippen LogP contribution in [0.4, 0.5) is 0 Å². The molecule has 0 aliphatic heterocycles. The van der Waals surface area contributed by atoms with Crippen molar-refractivity contribution < 1.29 is 20.1 Å². The fourth-order valence-electron chi connectivity index (χ4n) is 3.40. The minimum absolute atomic E-state index is 0.0610. The number of hydrogen-bond acceptors (Lipinski definition) is 5. The van der Waals surface area contributed by atoms with Crippen LogP contribution in [-0.2, 0) is 4.74 Å². The molecule has 170 valence electrons. The highest BCUT2D eigenvalue weighted by molar-refractivity contribution is 4.60. The molecule has 0 aliphatic rings. The molecule has 5 nitrogen and oxygen atoms in total. The van der Waals surface area contributed by atoms with E-state index >= 15 is 0 Å². The summed E-state index contributed by atoms with van der Waals surface area (Å²) >= 11 is 0. The lowest BCUT2D eigenvalue weighted by Gasteiger charge is -2.14. The number of aliphatic hydroxyl groups is 3. The van der Waals surface area contributed by atoms with E-state index < -0.39 is 12.2 Å². The molecule has 0 rings (SSSR count). The van der Waals surface area contributed by atoms with Crippen molar-refractivity contribution in [2.75, 3.05) is 32.9 Å². The fraction of sp³-hybridized carbons (Fsp3) is 1.00. The van der Waals surface area contributed by atoms with Gasteiger partial charge in [-0.05, 0) is 6.42 Å². The Morgan fingerprint density at radius 3 is 1.64 bits per heavy atom. The van der Waals surface area contributed by atoms with Gasteiger partial charge in [0.25, 0.3) is 0 Å². The highest BCUT2D eigenvalue weighted by Gasteiger charge is 2.07. The molecule has 0 aromatic rings. The summed E-state index contributed by atoms with van der Waals surface area (Å²) in [6.07, 6.45) is 18.5. The van der Waals surface area contributed by atoms with Gasteiger partial charge in [0.1, 0.15) is 0 Å². The van der Waals surface area contributed by atoms with E-state index in [-0.39, 0.29) is 19.8 Å². The van der Waals surface area contributed by atoms with E-state index in [9.17, 15) is 10.2 Å². The van der Waals surface area contributed by atoms with Crippen LogP contribution in [0.2, 0.25) is 0 Å². The summed E-state index contributed by atoms with van der Waals surface area (Å²) in [4.78, 5) is 0. The second kappa shape index (κ2) is 23.1. The molecule has 0 saturated carbocycles. The maximum absolute atomic E-state index is 9.91. The SMILES string of the molecule is CCCCCCCCCCCCCCCCC(O)COCC(O)CNCCO. The number of rotatable bonds is 23. The summed E-state index contributed by atoms with van der Waals surface area (Å²) < 4.78 is 5.36. The molecule has 2 atom stereocenters. The summed E-state index contributed by atoms with van der Waals surface area (Å²) in [7, 11) is 0. The predicted octanol–water partition coefficient (Wildman–Crippen LogP) is 4.18. The highest BCUT2D eigenvalue weighted by atomic mass is 16.5. The van der Waals surface area contributed by atoms with Crippen LogP contribution >= 0.6 is 0 Å². The molecule has 0 fully saturated rings. The Labute approximate surface area is 174 Å². The monoisotopic (exact) mass is 403 g/mol. The fourth-order valence-corrected chi connectivity index (χ4v) is 3.40. The zero-order valence-corrected chi connectivity index (χ0v) is 18.5. The van der Waals surface area contributed by atoms with Crippen molar-refractivity contribution in [1.82, 2.24) is 5.32 Å². The smallest absolute Gasteiger partial charge is 0.0897 e. The first-order valence-electron chi connectivity index (χ1n) is 12.0. The second-order valence-electron chi connectivity index (χ2n) is 8.16. The number of aliphatic hydroxyl groups excluding tert-OH is 3. The van der Waals surface area contributed by atoms with Gasteiger partial charge in [0.05, 0.1) is 32.0 Å². The third-order valence-corrected chi connectivity index (χ3v) is 5.18. The minimum Gasteiger partial charge on any atom is -0.395 e. The third kappa shape index (κ3) is 22.1. The molecule has 28 heavy (non-hydrogen) atoms. The third-order valence-electron chi connectivity index (χ3n) is 5.18. The molecule has 0 aliphatic carbocycles. The largest absolute Gasteiger partial charge is 0.395 e. The van der Waals surface area contributed by atoms with Gasteiger partial charge >= 0.3 is 0 Å². The molecule has 4 N–H and O–H groups in total. The molecule has 0 heterocycles. The summed E-state index contributed by atoms with van der Waals surface area (Å²) in [5.74, 6) is 0. The van der Waals surface area contributed by atoms with Crippen molar-refractivity contribution in [3.63, 3.8) is 0 Å². The minimum atomic E-state index is -0.597. The molecule has 0 radical (unpaired) electrons. The Bertz CT molecular complexity index is 292. The van der Waals surface area contributed by atoms with Crippen LogP contribution in [0, 0.1) is 0 Å². The lowest BCUT2D eigenvalue weighted by molar-refractivity contribution is -0.00982. The maximum Gasteiger partial charge on any atom is 0.0897 e.